The Morgan fingerprint density at radius 2 is 0.809 bits per heavy atom. The molecular formula is C43H83NO3. The van der Waals surface area contributed by atoms with Gasteiger partial charge in [0.25, 0.3) is 0 Å². The van der Waals surface area contributed by atoms with Gasteiger partial charge in [-0.2, -0.15) is 0 Å². The van der Waals surface area contributed by atoms with Crippen molar-refractivity contribution < 1.29 is 15.0 Å². The molecule has 278 valence electrons. The lowest BCUT2D eigenvalue weighted by Gasteiger charge is -2.20. The average molecular weight is 662 g/mol. The van der Waals surface area contributed by atoms with Crippen molar-refractivity contribution in [1.29, 1.82) is 0 Å². The molecule has 0 radical (unpaired) electrons. The lowest BCUT2D eigenvalue weighted by atomic mass is 10.0. The molecule has 0 aromatic rings. The van der Waals surface area contributed by atoms with Crippen LogP contribution in [-0.2, 0) is 4.79 Å². The number of allylic oxidation sites excluding steroid dienone is 3. The van der Waals surface area contributed by atoms with Crippen LogP contribution in [0.2, 0.25) is 0 Å². The number of amides is 1. The van der Waals surface area contributed by atoms with Crippen LogP contribution in [-0.4, -0.2) is 34.9 Å². The molecule has 0 aliphatic heterocycles. The van der Waals surface area contributed by atoms with E-state index in [2.05, 4.69) is 31.3 Å². The molecule has 0 aromatic heterocycles. The largest absolute Gasteiger partial charge is 0.394 e. The first-order valence-corrected chi connectivity index (χ1v) is 21.1. The second-order valence-corrected chi connectivity index (χ2v) is 14.4. The number of rotatable bonds is 38. The van der Waals surface area contributed by atoms with Gasteiger partial charge < -0.3 is 15.5 Å². The first-order valence-electron chi connectivity index (χ1n) is 21.1. The zero-order chi connectivity index (χ0) is 34.3. The highest BCUT2D eigenvalue weighted by atomic mass is 16.3. The van der Waals surface area contributed by atoms with E-state index in [0.717, 1.165) is 25.7 Å². The van der Waals surface area contributed by atoms with Gasteiger partial charge in [0.05, 0.1) is 18.8 Å². The average Bonchev–Trinajstić information content (AvgIpc) is 3.07. The van der Waals surface area contributed by atoms with E-state index in [4.69, 9.17) is 0 Å². The van der Waals surface area contributed by atoms with Gasteiger partial charge in [0, 0.05) is 6.42 Å². The normalized spacial score (nSPS) is 13.2. The Morgan fingerprint density at radius 1 is 0.489 bits per heavy atom. The highest BCUT2D eigenvalue weighted by Crippen LogP contribution is 2.15. The topological polar surface area (TPSA) is 69.6 Å². The highest BCUT2D eigenvalue weighted by molar-refractivity contribution is 5.76. The van der Waals surface area contributed by atoms with Crippen molar-refractivity contribution in [3.8, 4) is 0 Å². The molecule has 0 saturated carbocycles. The highest BCUT2D eigenvalue weighted by Gasteiger charge is 2.17. The molecule has 0 spiro atoms. The minimum absolute atomic E-state index is 0.0675. The maximum absolute atomic E-state index is 12.3. The molecule has 4 heteroatoms. The number of unbranched alkanes of at least 4 members (excludes halogenated alkanes) is 29. The van der Waals surface area contributed by atoms with Gasteiger partial charge in [0.15, 0.2) is 0 Å². The molecular weight excluding hydrogens is 578 g/mol. The summed E-state index contributed by atoms with van der Waals surface area (Å²) in [5.41, 5.74) is 0. The van der Waals surface area contributed by atoms with E-state index in [0.29, 0.717) is 6.42 Å². The zero-order valence-electron chi connectivity index (χ0n) is 31.8. The van der Waals surface area contributed by atoms with E-state index in [1.807, 2.05) is 6.08 Å². The van der Waals surface area contributed by atoms with Crippen molar-refractivity contribution in [2.24, 2.45) is 0 Å². The summed E-state index contributed by atoms with van der Waals surface area (Å²) >= 11 is 0. The summed E-state index contributed by atoms with van der Waals surface area (Å²) in [5, 5.41) is 22.7. The Kier molecular flexibility index (Phi) is 38.4. The second-order valence-electron chi connectivity index (χ2n) is 14.4. The minimum atomic E-state index is -0.832. The molecule has 47 heavy (non-hydrogen) atoms. The van der Waals surface area contributed by atoms with Crippen LogP contribution in [0.4, 0.5) is 0 Å². The summed E-state index contributed by atoms with van der Waals surface area (Å²) < 4.78 is 0. The molecule has 0 aliphatic carbocycles. The van der Waals surface area contributed by atoms with Crippen LogP contribution in [0.15, 0.2) is 24.3 Å². The molecule has 3 N–H and O–H groups in total. The number of nitrogens with one attached hydrogen (secondary N) is 1. The van der Waals surface area contributed by atoms with Gasteiger partial charge >= 0.3 is 0 Å². The van der Waals surface area contributed by atoms with Crippen LogP contribution in [0.1, 0.15) is 226 Å². The lowest BCUT2D eigenvalue weighted by Crippen LogP contribution is -2.45. The predicted octanol–water partition coefficient (Wildman–Crippen LogP) is 12.8. The van der Waals surface area contributed by atoms with Crippen molar-refractivity contribution in [2.45, 2.75) is 238 Å². The van der Waals surface area contributed by atoms with E-state index in [1.54, 1.807) is 6.08 Å². The Bertz CT molecular complexity index is 676. The quantitative estimate of drug-likeness (QED) is 0.0455. The summed E-state index contributed by atoms with van der Waals surface area (Å²) in [6.07, 6.45) is 50.3. The molecule has 0 aromatic carbocycles. The molecule has 4 nitrogen and oxygen atoms in total. The van der Waals surface area contributed by atoms with Crippen LogP contribution in [0.25, 0.3) is 0 Å². The maximum Gasteiger partial charge on any atom is 0.220 e. The molecule has 0 saturated heterocycles. The number of hydrogen-bond acceptors (Lipinski definition) is 3. The minimum Gasteiger partial charge on any atom is -0.394 e. The van der Waals surface area contributed by atoms with Gasteiger partial charge in [0.2, 0.25) is 5.91 Å². The summed E-state index contributed by atoms with van der Waals surface area (Å²) in [7, 11) is 0. The Morgan fingerprint density at radius 3 is 1.19 bits per heavy atom. The van der Waals surface area contributed by atoms with Gasteiger partial charge in [-0.05, 0) is 44.9 Å². The number of carbonyl (C=O) groups is 1. The maximum atomic E-state index is 12.3. The predicted molar refractivity (Wildman–Crippen MR) is 207 cm³/mol. The molecule has 0 bridgehead atoms. The number of aliphatic hydroxyl groups is 2. The summed E-state index contributed by atoms with van der Waals surface area (Å²) in [4.78, 5) is 12.3. The fraction of sp³-hybridized carbons (Fsp3) is 0.884. The standard InChI is InChI=1S/C43H83NO3/c1-3-5-7-9-11-12-13-14-15-16-17-18-19-20-21-22-23-24-25-26-27-28-29-30-31-32-33-35-37-39-43(47)44-41(40-45)42(46)38-36-34-10-8-6-4-2/h16-17,36,38,41-42,45-46H,3-15,18-35,37,39-40H2,1-2H3,(H,44,47)/b17-16-,38-36+. The molecule has 2 atom stereocenters. The third-order valence-corrected chi connectivity index (χ3v) is 9.68. The molecule has 2 unspecified atom stereocenters. The first kappa shape index (κ1) is 45.9. The van der Waals surface area contributed by atoms with E-state index < -0.39 is 12.1 Å². The smallest absolute Gasteiger partial charge is 0.220 e. The third kappa shape index (κ3) is 36.0. The van der Waals surface area contributed by atoms with Gasteiger partial charge in [-0.25, -0.2) is 0 Å². The Hall–Kier alpha value is -1.13. The Labute approximate surface area is 294 Å². The van der Waals surface area contributed by atoms with Crippen LogP contribution < -0.4 is 5.32 Å². The Balaban J connectivity index is 3.37. The summed E-state index contributed by atoms with van der Waals surface area (Å²) in [6, 6.07) is -0.615. The molecule has 1 amide bonds. The number of aliphatic hydroxyl groups excluding tert-OH is 2. The van der Waals surface area contributed by atoms with Gasteiger partial charge in [-0.1, -0.05) is 199 Å². The van der Waals surface area contributed by atoms with E-state index in [-0.39, 0.29) is 12.5 Å². The number of carbonyl (C=O) groups excluding carboxylic acids is 1. The van der Waals surface area contributed by atoms with E-state index in [9.17, 15) is 15.0 Å². The van der Waals surface area contributed by atoms with Gasteiger partial charge in [-0.15, -0.1) is 0 Å². The fourth-order valence-corrected chi connectivity index (χ4v) is 6.41. The van der Waals surface area contributed by atoms with Crippen LogP contribution in [0.5, 0.6) is 0 Å². The van der Waals surface area contributed by atoms with Crippen molar-refractivity contribution in [3.05, 3.63) is 24.3 Å². The molecule has 0 fully saturated rings. The van der Waals surface area contributed by atoms with E-state index >= 15 is 0 Å². The van der Waals surface area contributed by atoms with Crippen LogP contribution >= 0.6 is 0 Å². The van der Waals surface area contributed by atoms with Gasteiger partial charge in [0.1, 0.15) is 0 Å². The summed E-state index contributed by atoms with van der Waals surface area (Å²) in [5.74, 6) is -0.0675. The first-order chi connectivity index (χ1) is 23.2. The molecule has 0 heterocycles. The zero-order valence-corrected chi connectivity index (χ0v) is 31.8. The fourth-order valence-electron chi connectivity index (χ4n) is 6.41. The molecule has 0 rings (SSSR count). The van der Waals surface area contributed by atoms with Crippen molar-refractivity contribution in [2.75, 3.05) is 6.61 Å². The van der Waals surface area contributed by atoms with Crippen molar-refractivity contribution in [3.63, 3.8) is 0 Å². The number of hydrogen-bond donors (Lipinski definition) is 3. The van der Waals surface area contributed by atoms with E-state index in [1.165, 1.54) is 180 Å². The lowest BCUT2D eigenvalue weighted by molar-refractivity contribution is -0.123. The second kappa shape index (κ2) is 39.3. The third-order valence-electron chi connectivity index (χ3n) is 9.68. The van der Waals surface area contributed by atoms with Crippen LogP contribution in [0.3, 0.4) is 0 Å². The van der Waals surface area contributed by atoms with Gasteiger partial charge in [-0.3, -0.25) is 4.79 Å². The monoisotopic (exact) mass is 662 g/mol. The van der Waals surface area contributed by atoms with Crippen LogP contribution in [0, 0.1) is 0 Å². The van der Waals surface area contributed by atoms with Crippen molar-refractivity contribution >= 4 is 5.91 Å². The SMILES string of the molecule is CCCCCC/C=C/C(O)C(CO)NC(=O)CCCCCCCCCCCCCCCCCCC/C=C\CCCCCCCCCC. The molecule has 0 aliphatic rings. The van der Waals surface area contributed by atoms with Crippen molar-refractivity contribution in [1.82, 2.24) is 5.32 Å². The summed E-state index contributed by atoms with van der Waals surface area (Å²) in [6.45, 7) is 4.24.